The highest BCUT2D eigenvalue weighted by atomic mass is 16.4. The van der Waals surface area contributed by atoms with Gasteiger partial charge in [0, 0.05) is 24.2 Å². The number of carbonyl (C=O) groups excluding carboxylic acids is 1. The van der Waals surface area contributed by atoms with Gasteiger partial charge in [-0.25, -0.2) is 4.79 Å². The summed E-state index contributed by atoms with van der Waals surface area (Å²) in [5.74, 6) is -1.15. The first-order valence-electron chi connectivity index (χ1n) is 8.19. The molecule has 134 valence electrons. The second-order valence-electron chi connectivity index (χ2n) is 6.02. The van der Waals surface area contributed by atoms with E-state index in [2.05, 4.69) is 10.4 Å². The van der Waals surface area contributed by atoms with E-state index in [4.69, 9.17) is 4.42 Å². The number of aromatic nitrogens is 2. The highest BCUT2D eigenvalue weighted by molar-refractivity contribution is 6.11. The zero-order valence-corrected chi connectivity index (χ0v) is 14.3. The molecule has 2 heterocycles. The number of carbonyl (C=O) groups is 2. The number of anilines is 1. The van der Waals surface area contributed by atoms with E-state index in [-0.39, 0.29) is 11.3 Å². The number of hydrogen-bond acceptors (Lipinski definition) is 4. The van der Waals surface area contributed by atoms with Crippen LogP contribution in [0, 0.1) is 0 Å². The van der Waals surface area contributed by atoms with E-state index >= 15 is 0 Å². The van der Waals surface area contributed by atoms with Gasteiger partial charge in [0.2, 0.25) is 0 Å². The molecule has 0 aliphatic rings. The fraction of sp³-hybridized carbons (Fsp3) is 0.0500. The maximum Gasteiger partial charge on any atom is 0.339 e. The third kappa shape index (κ3) is 3.06. The Kier molecular flexibility index (Phi) is 3.97. The van der Waals surface area contributed by atoms with E-state index in [9.17, 15) is 14.7 Å². The Morgan fingerprint density at radius 2 is 1.89 bits per heavy atom. The molecule has 4 aromatic rings. The maximum atomic E-state index is 12.6. The molecule has 2 N–H and O–H groups in total. The summed E-state index contributed by atoms with van der Waals surface area (Å²) in [4.78, 5) is 23.9. The molecule has 0 aliphatic carbocycles. The van der Waals surface area contributed by atoms with E-state index in [1.807, 2.05) is 42.5 Å². The first-order chi connectivity index (χ1) is 13.0. The monoisotopic (exact) mass is 361 g/mol. The molecule has 0 bridgehead atoms. The Morgan fingerprint density at radius 1 is 1.11 bits per heavy atom. The normalized spacial score (nSPS) is 10.9. The van der Waals surface area contributed by atoms with Crippen molar-refractivity contribution >= 4 is 28.5 Å². The van der Waals surface area contributed by atoms with Gasteiger partial charge in [-0.3, -0.25) is 9.48 Å². The van der Waals surface area contributed by atoms with Gasteiger partial charge in [-0.05, 0) is 12.1 Å². The molecule has 7 nitrogen and oxygen atoms in total. The maximum absolute atomic E-state index is 12.6. The van der Waals surface area contributed by atoms with Gasteiger partial charge in [0.15, 0.2) is 11.3 Å². The lowest BCUT2D eigenvalue weighted by atomic mass is 10.1. The van der Waals surface area contributed by atoms with Crippen molar-refractivity contribution in [3.8, 4) is 11.3 Å². The summed E-state index contributed by atoms with van der Waals surface area (Å²) in [6, 6.07) is 16.9. The molecule has 0 saturated heterocycles. The van der Waals surface area contributed by atoms with Gasteiger partial charge in [0.05, 0.1) is 5.69 Å². The van der Waals surface area contributed by atoms with Crippen LogP contribution in [0.4, 0.5) is 5.69 Å². The van der Waals surface area contributed by atoms with Crippen molar-refractivity contribution in [2.24, 2.45) is 7.05 Å². The van der Waals surface area contributed by atoms with Gasteiger partial charge < -0.3 is 14.8 Å². The molecule has 0 fully saturated rings. The molecule has 0 spiro atoms. The summed E-state index contributed by atoms with van der Waals surface area (Å²) < 4.78 is 7.24. The molecule has 2 aromatic heterocycles. The number of nitrogens with one attached hydrogen (secondary N) is 1. The van der Waals surface area contributed by atoms with Crippen LogP contribution in [0.1, 0.15) is 20.8 Å². The van der Waals surface area contributed by atoms with Crippen molar-refractivity contribution in [1.82, 2.24) is 9.78 Å². The quantitative estimate of drug-likeness (QED) is 0.576. The van der Waals surface area contributed by atoms with Crippen LogP contribution in [0.3, 0.4) is 0 Å². The number of hydrogen-bond donors (Lipinski definition) is 2. The molecular formula is C20H15N3O4. The minimum absolute atomic E-state index is 0.156. The summed E-state index contributed by atoms with van der Waals surface area (Å²) in [5.41, 5.74) is 1.56. The van der Waals surface area contributed by atoms with Gasteiger partial charge >= 0.3 is 5.97 Å². The van der Waals surface area contributed by atoms with Crippen LogP contribution in [-0.2, 0) is 7.05 Å². The number of aromatic carboxylic acids is 1. The van der Waals surface area contributed by atoms with E-state index in [0.29, 0.717) is 17.0 Å². The summed E-state index contributed by atoms with van der Waals surface area (Å²) in [7, 11) is 1.56. The van der Waals surface area contributed by atoms with Crippen LogP contribution in [0.15, 0.2) is 65.2 Å². The molecule has 0 atom stereocenters. The van der Waals surface area contributed by atoms with Gasteiger partial charge in [-0.1, -0.05) is 42.5 Å². The Bertz CT molecular complexity index is 1160. The number of benzene rings is 2. The molecule has 2 aromatic carbocycles. The summed E-state index contributed by atoms with van der Waals surface area (Å²) in [6.07, 6.45) is 1.29. The number of aryl methyl sites for hydroxylation is 1. The van der Waals surface area contributed by atoms with Gasteiger partial charge in [-0.15, -0.1) is 0 Å². The summed E-state index contributed by atoms with van der Waals surface area (Å²) in [5, 5.41) is 16.7. The molecule has 27 heavy (non-hydrogen) atoms. The average Bonchev–Trinajstić information content (AvgIpc) is 3.27. The zero-order chi connectivity index (χ0) is 19.0. The number of fused-ring (bicyclic) bond motifs is 1. The lowest BCUT2D eigenvalue weighted by Crippen LogP contribution is -2.16. The van der Waals surface area contributed by atoms with E-state index in [1.54, 1.807) is 19.2 Å². The number of amides is 1. The first kappa shape index (κ1) is 16.6. The predicted octanol–water partition coefficient (Wildman–Crippen LogP) is 3.78. The van der Waals surface area contributed by atoms with Crippen LogP contribution < -0.4 is 5.32 Å². The molecule has 1 amide bonds. The summed E-state index contributed by atoms with van der Waals surface area (Å²) >= 11 is 0. The number of furan rings is 1. The standard InChI is InChI=1S/C20H15N3O4/c1-23-11-14(20(25)26)17(22-23)19(24)21-15-9-5-8-13-10-16(27-18(13)15)12-6-3-2-4-7-12/h2-11H,1H3,(H,21,24)(H,25,26). The lowest BCUT2D eigenvalue weighted by Gasteiger charge is -2.04. The molecule has 0 radical (unpaired) electrons. The Labute approximate surface area is 153 Å². The van der Waals surface area contributed by atoms with Crippen LogP contribution in [0.2, 0.25) is 0 Å². The Morgan fingerprint density at radius 3 is 2.63 bits per heavy atom. The topological polar surface area (TPSA) is 97.4 Å². The van der Waals surface area contributed by atoms with Crippen LogP contribution >= 0.6 is 0 Å². The average molecular weight is 361 g/mol. The van der Waals surface area contributed by atoms with Crippen LogP contribution in [-0.4, -0.2) is 26.8 Å². The highest BCUT2D eigenvalue weighted by Crippen LogP contribution is 2.32. The zero-order valence-electron chi connectivity index (χ0n) is 14.3. The number of rotatable bonds is 4. The summed E-state index contributed by atoms with van der Waals surface area (Å²) in [6.45, 7) is 0. The molecule has 4 rings (SSSR count). The highest BCUT2D eigenvalue weighted by Gasteiger charge is 2.22. The fourth-order valence-corrected chi connectivity index (χ4v) is 2.90. The Balaban J connectivity index is 1.71. The minimum Gasteiger partial charge on any atom is -0.478 e. The van der Waals surface area contributed by atoms with Gasteiger partial charge in [-0.2, -0.15) is 5.10 Å². The minimum atomic E-state index is -1.21. The number of nitrogens with zero attached hydrogens (tertiary/aromatic N) is 2. The first-order valence-corrected chi connectivity index (χ1v) is 8.19. The molecular weight excluding hydrogens is 346 g/mol. The SMILES string of the molecule is Cn1cc(C(=O)O)c(C(=O)Nc2cccc3cc(-c4ccccc4)oc23)n1. The van der Waals surface area contributed by atoms with E-state index in [0.717, 1.165) is 10.9 Å². The fourth-order valence-electron chi connectivity index (χ4n) is 2.90. The molecule has 0 aliphatic heterocycles. The van der Waals surface area contributed by atoms with Crippen LogP contribution in [0.25, 0.3) is 22.3 Å². The predicted molar refractivity (Wildman–Crippen MR) is 99.8 cm³/mol. The van der Waals surface area contributed by atoms with Crippen molar-refractivity contribution in [1.29, 1.82) is 0 Å². The van der Waals surface area contributed by atoms with E-state index < -0.39 is 11.9 Å². The van der Waals surface area contributed by atoms with Crippen LogP contribution in [0.5, 0.6) is 0 Å². The van der Waals surface area contributed by atoms with Crippen molar-refractivity contribution in [3.05, 3.63) is 72.1 Å². The van der Waals surface area contributed by atoms with Crippen molar-refractivity contribution in [2.45, 2.75) is 0 Å². The number of para-hydroxylation sites is 1. The molecule has 7 heteroatoms. The molecule has 0 saturated carbocycles. The van der Waals surface area contributed by atoms with Crippen molar-refractivity contribution in [3.63, 3.8) is 0 Å². The number of carboxylic acids is 1. The second kappa shape index (κ2) is 6.45. The van der Waals surface area contributed by atoms with Gasteiger partial charge in [0.1, 0.15) is 11.3 Å². The molecule has 0 unspecified atom stereocenters. The van der Waals surface area contributed by atoms with Gasteiger partial charge in [0.25, 0.3) is 5.91 Å². The second-order valence-corrected chi connectivity index (χ2v) is 6.02. The third-order valence-corrected chi connectivity index (χ3v) is 4.12. The third-order valence-electron chi connectivity index (χ3n) is 4.12. The largest absolute Gasteiger partial charge is 0.478 e. The number of carboxylic acid groups (broad SMARTS) is 1. The smallest absolute Gasteiger partial charge is 0.339 e. The van der Waals surface area contributed by atoms with Crippen molar-refractivity contribution in [2.75, 3.05) is 5.32 Å². The Hall–Kier alpha value is -3.87. The van der Waals surface area contributed by atoms with E-state index in [1.165, 1.54) is 10.9 Å². The lowest BCUT2D eigenvalue weighted by molar-refractivity contribution is 0.0692. The van der Waals surface area contributed by atoms with Crippen molar-refractivity contribution < 1.29 is 19.1 Å².